The molecule has 0 saturated carbocycles. The van der Waals surface area contributed by atoms with Crippen LogP contribution in [0, 0.1) is 0 Å². The van der Waals surface area contributed by atoms with Crippen molar-refractivity contribution in [3.05, 3.63) is 52.9 Å². The van der Waals surface area contributed by atoms with Gasteiger partial charge in [-0.2, -0.15) is 0 Å². The molecule has 0 aliphatic rings. The van der Waals surface area contributed by atoms with Gasteiger partial charge in [0.25, 0.3) is 0 Å². The van der Waals surface area contributed by atoms with Gasteiger partial charge in [0.1, 0.15) is 0 Å². The smallest absolute Gasteiger partial charge is 0.220 e. The van der Waals surface area contributed by atoms with Gasteiger partial charge in [0, 0.05) is 22.5 Å². The third-order valence-corrected chi connectivity index (χ3v) is 2.51. The highest BCUT2D eigenvalue weighted by Crippen LogP contribution is 2.21. The SMILES string of the molecule is O=c1cnccc2c1[nH]c1ccccc12. The molecule has 0 saturated heterocycles. The molecule has 2 aromatic heterocycles. The minimum atomic E-state index is -0.0776. The highest BCUT2D eigenvalue weighted by Gasteiger charge is 2.03. The van der Waals surface area contributed by atoms with E-state index in [1.54, 1.807) is 6.20 Å². The van der Waals surface area contributed by atoms with E-state index in [1.165, 1.54) is 6.20 Å². The van der Waals surface area contributed by atoms with Crippen molar-refractivity contribution < 1.29 is 0 Å². The summed E-state index contributed by atoms with van der Waals surface area (Å²) in [6, 6.07) is 9.71. The molecule has 3 rings (SSSR count). The average molecular weight is 196 g/mol. The van der Waals surface area contributed by atoms with E-state index in [1.807, 2.05) is 30.3 Å². The van der Waals surface area contributed by atoms with Gasteiger partial charge in [-0.1, -0.05) is 18.2 Å². The minimum absolute atomic E-state index is 0.0776. The lowest BCUT2D eigenvalue weighted by Gasteiger charge is -1.85. The van der Waals surface area contributed by atoms with Gasteiger partial charge in [-0.05, 0) is 12.1 Å². The molecule has 0 radical (unpaired) electrons. The van der Waals surface area contributed by atoms with Gasteiger partial charge >= 0.3 is 0 Å². The highest BCUT2D eigenvalue weighted by atomic mass is 16.1. The summed E-state index contributed by atoms with van der Waals surface area (Å²) >= 11 is 0. The summed E-state index contributed by atoms with van der Waals surface area (Å²) in [5.74, 6) is 0. The van der Waals surface area contributed by atoms with Gasteiger partial charge in [-0.25, -0.2) is 0 Å². The molecule has 0 aliphatic heterocycles. The number of nitrogens with one attached hydrogen (secondary N) is 1. The molecule has 0 fully saturated rings. The van der Waals surface area contributed by atoms with E-state index in [9.17, 15) is 4.79 Å². The van der Waals surface area contributed by atoms with Crippen LogP contribution in [-0.4, -0.2) is 9.97 Å². The summed E-state index contributed by atoms with van der Waals surface area (Å²) < 4.78 is 0. The second kappa shape index (κ2) is 2.92. The Kier molecular flexibility index (Phi) is 1.59. The number of H-pyrrole nitrogens is 1. The molecule has 1 N–H and O–H groups in total. The second-order valence-electron chi connectivity index (χ2n) is 3.42. The standard InChI is InChI=1S/C12H8N2O/c15-11-7-13-6-5-9-8-3-1-2-4-10(8)14-12(9)11/h1-7,14H. The summed E-state index contributed by atoms with van der Waals surface area (Å²) in [5.41, 5.74) is 1.52. The molecule has 0 amide bonds. The van der Waals surface area contributed by atoms with Crippen LogP contribution in [0.4, 0.5) is 0 Å². The lowest BCUT2D eigenvalue weighted by molar-refractivity contribution is 1.34. The first-order valence-electron chi connectivity index (χ1n) is 4.71. The fourth-order valence-corrected chi connectivity index (χ4v) is 1.82. The van der Waals surface area contributed by atoms with Crippen LogP contribution in [0.15, 0.2) is 47.5 Å². The van der Waals surface area contributed by atoms with Gasteiger partial charge < -0.3 is 4.98 Å². The van der Waals surface area contributed by atoms with E-state index < -0.39 is 0 Å². The molecule has 2 heterocycles. The monoisotopic (exact) mass is 196 g/mol. The molecule has 15 heavy (non-hydrogen) atoms. The zero-order chi connectivity index (χ0) is 10.3. The first kappa shape index (κ1) is 8.17. The Labute approximate surface area is 85.4 Å². The molecule has 0 aliphatic carbocycles. The molecular weight excluding hydrogens is 188 g/mol. The molecule has 3 heteroatoms. The molecule has 0 bridgehead atoms. The van der Waals surface area contributed by atoms with Crippen molar-refractivity contribution in [1.82, 2.24) is 9.97 Å². The topological polar surface area (TPSA) is 45.8 Å². The van der Waals surface area contributed by atoms with Crippen molar-refractivity contribution in [3.8, 4) is 0 Å². The molecule has 0 atom stereocenters. The number of hydrogen-bond donors (Lipinski definition) is 1. The fraction of sp³-hybridized carbons (Fsp3) is 0. The maximum absolute atomic E-state index is 11.7. The van der Waals surface area contributed by atoms with Gasteiger partial charge in [0.15, 0.2) is 0 Å². The maximum Gasteiger partial charge on any atom is 0.220 e. The number of fused-ring (bicyclic) bond motifs is 3. The fourth-order valence-electron chi connectivity index (χ4n) is 1.82. The van der Waals surface area contributed by atoms with Crippen LogP contribution in [0.3, 0.4) is 0 Å². The van der Waals surface area contributed by atoms with Gasteiger partial charge in [-0.3, -0.25) is 9.78 Å². The van der Waals surface area contributed by atoms with Crippen LogP contribution in [0.5, 0.6) is 0 Å². The van der Waals surface area contributed by atoms with Crippen LogP contribution in [0.1, 0.15) is 0 Å². The number of aromatic amines is 1. The molecule has 3 nitrogen and oxygen atoms in total. The van der Waals surface area contributed by atoms with E-state index in [0.29, 0.717) is 5.52 Å². The number of para-hydroxylation sites is 1. The van der Waals surface area contributed by atoms with Crippen LogP contribution < -0.4 is 5.43 Å². The Morgan fingerprint density at radius 1 is 1.07 bits per heavy atom. The maximum atomic E-state index is 11.7. The van der Waals surface area contributed by atoms with Crippen molar-refractivity contribution in [1.29, 1.82) is 0 Å². The van der Waals surface area contributed by atoms with E-state index in [2.05, 4.69) is 9.97 Å². The third-order valence-electron chi connectivity index (χ3n) is 2.51. The zero-order valence-corrected chi connectivity index (χ0v) is 7.90. The number of hydrogen-bond acceptors (Lipinski definition) is 2. The zero-order valence-electron chi connectivity index (χ0n) is 7.90. The normalized spacial score (nSPS) is 10.9. The largest absolute Gasteiger partial charge is 0.351 e. The van der Waals surface area contributed by atoms with Crippen molar-refractivity contribution in [3.63, 3.8) is 0 Å². The first-order chi connectivity index (χ1) is 7.36. The van der Waals surface area contributed by atoms with Crippen molar-refractivity contribution >= 4 is 21.8 Å². The minimum Gasteiger partial charge on any atom is -0.351 e. The summed E-state index contributed by atoms with van der Waals surface area (Å²) in [4.78, 5) is 18.6. The third kappa shape index (κ3) is 1.13. The van der Waals surface area contributed by atoms with Gasteiger partial charge in [0.05, 0.1) is 11.7 Å². The quantitative estimate of drug-likeness (QED) is 0.598. The van der Waals surface area contributed by atoms with E-state index >= 15 is 0 Å². The second-order valence-corrected chi connectivity index (χ2v) is 3.42. The van der Waals surface area contributed by atoms with E-state index in [4.69, 9.17) is 0 Å². The molecular formula is C12H8N2O. The molecule has 0 unspecified atom stereocenters. The summed E-state index contributed by atoms with van der Waals surface area (Å²) in [7, 11) is 0. The number of benzene rings is 1. The van der Waals surface area contributed by atoms with Gasteiger partial charge in [-0.15, -0.1) is 0 Å². The molecule has 3 aromatic rings. The van der Waals surface area contributed by atoms with Crippen molar-refractivity contribution in [2.45, 2.75) is 0 Å². The Balaban J connectivity index is 2.70. The number of aromatic nitrogens is 2. The van der Waals surface area contributed by atoms with E-state index in [0.717, 1.165) is 16.3 Å². The number of nitrogens with zero attached hydrogens (tertiary/aromatic N) is 1. The average Bonchev–Trinajstić information content (AvgIpc) is 2.54. The predicted molar refractivity (Wildman–Crippen MR) is 59.9 cm³/mol. The Hall–Kier alpha value is -2.16. The number of rotatable bonds is 0. The summed E-state index contributed by atoms with van der Waals surface area (Å²) in [5, 5.41) is 1.98. The first-order valence-corrected chi connectivity index (χ1v) is 4.71. The van der Waals surface area contributed by atoms with Crippen LogP contribution in [0.25, 0.3) is 21.8 Å². The van der Waals surface area contributed by atoms with Gasteiger partial charge in [0.2, 0.25) is 5.43 Å². The van der Waals surface area contributed by atoms with E-state index in [-0.39, 0.29) is 5.43 Å². The van der Waals surface area contributed by atoms with Crippen LogP contribution >= 0.6 is 0 Å². The highest BCUT2D eigenvalue weighted by molar-refractivity contribution is 6.06. The predicted octanol–water partition coefficient (Wildman–Crippen LogP) is 2.08. The Morgan fingerprint density at radius 3 is 2.87 bits per heavy atom. The molecule has 1 aromatic carbocycles. The molecule has 72 valence electrons. The Morgan fingerprint density at radius 2 is 1.93 bits per heavy atom. The Bertz CT molecular complexity index is 700. The summed E-state index contributed by atoms with van der Waals surface area (Å²) in [6.07, 6.45) is 2.97. The molecule has 0 spiro atoms. The lowest BCUT2D eigenvalue weighted by atomic mass is 10.2. The van der Waals surface area contributed by atoms with Crippen LogP contribution in [-0.2, 0) is 0 Å². The lowest BCUT2D eigenvalue weighted by Crippen LogP contribution is -1.95. The van der Waals surface area contributed by atoms with Crippen LogP contribution in [0.2, 0.25) is 0 Å². The van der Waals surface area contributed by atoms with Crippen molar-refractivity contribution in [2.75, 3.05) is 0 Å². The van der Waals surface area contributed by atoms with Crippen molar-refractivity contribution in [2.24, 2.45) is 0 Å². The summed E-state index contributed by atoms with van der Waals surface area (Å²) in [6.45, 7) is 0.